The molecule has 0 aromatic carbocycles. The Labute approximate surface area is 185 Å². The monoisotopic (exact) mass is 468 g/mol. The van der Waals surface area contributed by atoms with Crippen molar-refractivity contribution >= 4 is 0 Å². The van der Waals surface area contributed by atoms with E-state index < -0.39 is 91.7 Å². The molecule has 1 aliphatic carbocycles. The lowest BCUT2D eigenvalue weighted by atomic mass is 9.84. The second-order valence-electron chi connectivity index (χ2n) is 8.77. The lowest BCUT2D eigenvalue weighted by molar-refractivity contribution is -0.338. The fourth-order valence-electron chi connectivity index (χ4n) is 4.31. The molecule has 0 spiro atoms. The van der Waals surface area contributed by atoms with E-state index in [0.29, 0.717) is 0 Å². The predicted octanol–water partition coefficient (Wildman–Crippen LogP) is -6.26. The van der Waals surface area contributed by atoms with Crippen molar-refractivity contribution in [2.45, 2.75) is 105 Å². The number of nitrogens with two attached hydrogens (primary N) is 4. The van der Waals surface area contributed by atoms with Crippen molar-refractivity contribution in [2.75, 3.05) is 6.54 Å². The van der Waals surface area contributed by atoms with Crippen LogP contribution in [-0.2, 0) is 18.9 Å². The maximum atomic E-state index is 10.7. The van der Waals surface area contributed by atoms with Crippen LogP contribution in [0.4, 0.5) is 0 Å². The van der Waals surface area contributed by atoms with Crippen molar-refractivity contribution in [3.05, 3.63) is 0 Å². The van der Waals surface area contributed by atoms with Gasteiger partial charge in [0.05, 0.1) is 18.2 Å². The van der Waals surface area contributed by atoms with Gasteiger partial charge in [0.15, 0.2) is 12.6 Å². The van der Waals surface area contributed by atoms with Crippen LogP contribution < -0.4 is 22.9 Å². The molecule has 3 aliphatic rings. The first kappa shape index (κ1) is 26.1. The van der Waals surface area contributed by atoms with E-state index >= 15 is 0 Å². The van der Waals surface area contributed by atoms with Crippen LogP contribution in [0.3, 0.4) is 0 Å². The first-order chi connectivity index (χ1) is 15.0. The Morgan fingerprint density at radius 1 is 0.719 bits per heavy atom. The van der Waals surface area contributed by atoms with Gasteiger partial charge < -0.3 is 72.5 Å². The van der Waals surface area contributed by atoms with E-state index in [0.717, 1.165) is 0 Å². The highest BCUT2D eigenvalue weighted by molar-refractivity contribution is 5.01. The second kappa shape index (κ2) is 10.4. The van der Waals surface area contributed by atoms with Gasteiger partial charge in [-0.2, -0.15) is 0 Å². The van der Waals surface area contributed by atoms with Crippen LogP contribution in [0.1, 0.15) is 13.3 Å². The van der Waals surface area contributed by atoms with E-state index in [1.807, 2.05) is 0 Å². The predicted molar refractivity (Wildman–Crippen MR) is 106 cm³/mol. The minimum Gasteiger partial charge on any atom is -0.389 e. The van der Waals surface area contributed by atoms with Crippen molar-refractivity contribution in [2.24, 2.45) is 22.9 Å². The lowest BCUT2D eigenvalue weighted by Crippen LogP contribution is -2.69. The summed E-state index contributed by atoms with van der Waals surface area (Å²) in [5.41, 5.74) is 23.7. The Bertz CT molecular complexity index is 620. The van der Waals surface area contributed by atoms with Gasteiger partial charge in [-0.15, -0.1) is 0 Å². The SMILES string of the molecule is C[C@@H]1O[C@@H](O[C@@H]2[C@@H](O)[C@H](N)C[C@H](N)[C@H]2O[C@H]2O[C@H](CN)[C@@H](O)[C@H](O)[C@H]2N)[C@H](O)[C@H](O)[C@H]1O. The molecular weight excluding hydrogens is 432 g/mol. The average molecular weight is 469 g/mol. The lowest BCUT2D eigenvalue weighted by Gasteiger charge is -2.48. The molecule has 0 amide bonds. The molecule has 1 saturated carbocycles. The van der Waals surface area contributed by atoms with Gasteiger partial charge in [0.2, 0.25) is 0 Å². The van der Waals surface area contributed by atoms with Crippen LogP contribution in [-0.4, -0.2) is 129 Å². The third-order valence-electron chi connectivity index (χ3n) is 6.44. The Morgan fingerprint density at radius 2 is 1.34 bits per heavy atom. The summed E-state index contributed by atoms with van der Waals surface area (Å²) in [5.74, 6) is 0. The van der Waals surface area contributed by atoms with Crippen LogP contribution in [0.25, 0.3) is 0 Å². The summed E-state index contributed by atoms with van der Waals surface area (Å²) in [7, 11) is 0. The van der Waals surface area contributed by atoms with Crippen LogP contribution in [0.15, 0.2) is 0 Å². The Hall–Kier alpha value is -0.560. The molecule has 0 radical (unpaired) electrons. The summed E-state index contributed by atoms with van der Waals surface area (Å²) in [6.45, 7) is 1.36. The first-order valence-corrected chi connectivity index (χ1v) is 10.6. The zero-order valence-electron chi connectivity index (χ0n) is 17.7. The van der Waals surface area contributed by atoms with Crippen LogP contribution in [0.2, 0.25) is 0 Å². The molecule has 2 saturated heterocycles. The van der Waals surface area contributed by atoms with Gasteiger partial charge in [-0.3, -0.25) is 0 Å². The van der Waals surface area contributed by atoms with Gasteiger partial charge >= 0.3 is 0 Å². The zero-order chi connectivity index (χ0) is 23.9. The van der Waals surface area contributed by atoms with E-state index in [2.05, 4.69) is 0 Å². The van der Waals surface area contributed by atoms with Crippen LogP contribution in [0, 0.1) is 0 Å². The van der Waals surface area contributed by atoms with Crippen LogP contribution in [0.5, 0.6) is 0 Å². The molecule has 0 unspecified atom stereocenters. The number of aliphatic hydroxyl groups is 6. The molecular formula is C18H36N4O10. The van der Waals surface area contributed by atoms with Crippen molar-refractivity contribution in [1.82, 2.24) is 0 Å². The molecule has 32 heavy (non-hydrogen) atoms. The maximum absolute atomic E-state index is 10.7. The molecule has 15 atom stereocenters. The van der Waals surface area contributed by atoms with E-state index in [1.54, 1.807) is 0 Å². The van der Waals surface area contributed by atoms with Gasteiger partial charge in [-0.1, -0.05) is 0 Å². The molecule has 0 bridgehead atoms. The Balaban J connectivity index is 1.79. The molecule has 14 N–H and O–H groups in total. The standard InChI is InChI=1S/C18H36N4O10/c1-4-9(23)13(27)14(28)18(29-4)32-16-10(24)5(20)2-6(21)15(16)31-17-8(22)12(26)11(25)7(3-19)30-17/h4-18,23-28H,2-3,19-22H2,1H3/t4-,5+,6-,7+,8+,9-,10-,11+,12+,13+,14+,15+,16+,17+,18-/m0/s1. The largest absolute Gasteiger partial charge is 0.389 e. The minimum absolute atomic E-state index is 0.116. The van der Waals surface area contributed by atoms with Gasteiger partial charge in [0.25, 0.3) is 0 Å². The quantitative estimate of drug-likeness (QED) is 0.180. The maximum Gasteiger partial charge on any atom is 0.187 e. The highest BCUT2D eigenvalue weighted by Crippen LogP contribution is 2.31. The topological polar surface area (TPSA) is 262 Å². The fraction of sp³-hybridized carbons (Fsp3) is 1.00. The number of hydrogen-bond acceptors (Lipinski definition) is 14. The Morgan fingerprint density at radius 3 is 1.97 bits per heavy atom. The van der Waals surface area contributed by atoms with Crippen molar-refractivity contribution in [1.29, 1.82) is 0 Å². The highest BCUT2D eigenvalue weighted by Gasteiger charge is 2.51. The molecule has 0 aromatic rings. The fourth-order valence-corrected chi connectivity index (χ4v) is 4.31. The first-order valence-electron chi connectivity index (χ1n) is 10.6. The van der Waals surface area contributed by atoms with Crippen LogP contribution >= 0.6 is 0 Å². The van der Waals surface area contributed by atoms with E-state index in [-0.39, 0.29) is 13.0 Å². The molecule has 14 nitrogen and oxygen atoms in total. The molecule has 14 heteroatoms. The van der Waals surface area contributed by atoms with Gasteiger partial charge in [-0.05, 0) is 13.3 Å². The van der Waals surface area contributed by atoms with E-state index in [1.165, 1.54) is 6.92 Å². The Kier molecular flexibility index (Phi) is 8.44. The smallest absolute Gasteiger partial charge is 0.187 e. The third kappa shape index (κ3) is 4.94. The van der Waals surface area contributed by atoms with Crippen molar-refractivity contribution in [3.8, 4) is 0 Å². The second-order valence-corrected chi connectivity index (χ2v) is 8.77. The highest BCUT2D eigenvalue weighted by atomic mass is 16.7. The number of hydrogen-bond donors (Lipinski definition) is 10. The third-order valence-corrected chi connectivity index (χ3v) is 6.44. The van der Waals surface area contributed by atoms with Crippen molar-refractivity contribution in [3.63, 3.8) is 0 Å². The molecule has 0 aromatic heterocycles. The molecule has 188 valence electrons. The van der Waals surface area contributed by atoms with Gasteiger partial charge in [0, 0.05) is 18.6 Å². The normalized spacial score (nSPS) is 55.0. The summed E-state index contributed by atoms with van der Waals surface area (Å²) in [6, 6.07) is -2.74. The summed E-state index contributed by atoms with van der Waals surface area (Å²) in [6.07, 6.45) is -15.3. The van der Waals surface area contributed by atoms with E-state index in [4.69, 9.17) is 41.9 Å². The summed E-state index contributed by atoms with van der Waals surface area (Å²) in [5, 5.41) is 61.2. The molecule has 3 rings (SSSR count). The van der Waals surface area contributed by atoms with E-state index in [9.17, 15) is 30.6 Å². The summed E-state index contributed by atoms with van der Waals surface area (Å²) in [4.78, 5) is 0. The molecule has 2 aliphatic heterocycles. The molecule has 3 fully saturated rings. The summed E-state index contributed by atoms with van der Waals surface area (Å²) < 4.78 is 22.7. The zero-order valence-corrected chi connectivity index (χ0v) is 17.7. The van der Waals surface area contributed by atoms with Crippen molar-refractivity contribution < 1.29 is 49.6 Å². The average Bonchev–Trinajstić information content (AvgIpc) is 2.76. The van der Waals surface area contributed by atoms with Gasteiger partial charge in [0.1, 0.15) is 48.8 Å². The number of ether oxygens (including phenoxy) is 4. The molecule has 2 heterocycles. The van der Waals surface area contributed by atoms with Gasteiger partial charge in [-0.25, -0.2) is 0 Å². The minimum atomic E-state index is -1.63. The number of rotatable bonds is 5. The number of aliphatic hydroxyl groups excluding tert-OH is 6. The summed E-state index contributed by atoms with van der Waals surface area (Å²) >= 11 is 0.